The first kappa shape index (κ1) is 14.7. The summed E-state index contributed by atoms with van der Waals surface area (Å²) in [5.74, 6) is 0.244. The van der Waals surface area contributed by atoms with Crippen molar-refractivity contribution in [3.05, 3.63) is 0 Å². The maximum Gasteiger partial charge on any atom is 0.237 e. The van der Waals surface area contributed by atoms with Crippen LogP contribution in [-0.4, -0.2) is 52.4 Å². The molecule has 0 aromatic carbocycles. The van der Waals surface area contributed by atoms with Crippen LogP contribution in [-0.2, 0) is 4.79 Å². The van der Waals surface area contributed by atoms with E-state index in [0.717, 1.165) is 19.4 Å². The minimum absolute atomic E-state index is 0.244. The van der Waals surface area contributed by atoms with Gasteiger partial charge in [-0.3, -0.25) is 9.69 Å². The maximum absolute atomic E-state index is 12.4. The number of nitrogens with two attached hydrogens (primary N) is 1. The second-order valence-electron chi connectivity index (χ2n) is 5.72. The van der Waals surface area contributed by atoms with Gasteiger partial charge in [0.1, 0.15) is 0 Å². The molecule has 2 aliphatic rings. The zero-order valence-corrected chi connectivity index (χ0v) is 12.6. The van der Waals surface area contributed by atoms with Crippen LogP contribution < -0.4 is 5.73 Å². The van der Waals surface area contributed by atoms with Gasteiger partial charge in [-0.1, -0.05) is 25.1 Å². The largest absolute Gasteiger partial charge is 0.392 e. The number of carbonyl (C=O) groups excluding carboxylic acids is 1. The van der Waals surface area contributed by atoms with E-state index in [1.807, 2.05) is 4.90 Å². The number of hydrogen-bond donors (Lipinski definition) is 1. The Bertz CT molecular complexity index is 338. The molecule has 5 heteroatoms. The van der Waals surface area contributed by atoms with Gasteiger partial charge in [-0.25, -0.2) is 0 Å². The van der Waals surface area contributed by atoms with Crippen LogP contribution in [0.5, 0.6) is 0 Å². The van der Waals surface area contributed by atoms with Crippen LogP contribution in [0.3, 0.4) is 0 Å². The smallest absolute Gasteiger partial charge is 0.237 e. The number of likely N-dealkylation sites (N-methyl/N-ethyl adjacent to an activating group) is 1. The summed E-state index contributed by atoms with van der Waals surface area (Å²) < 4.78 is 0. The Kier molecular flexibility index (Phi) is 5.16. The molecule has 2 saturated carbocycles. The standard InChI is InChI=1S/C14H25N3OS/c1-2-17(12-7-8-12)14(18)10-16(9-13(15)19)11-5-3-4-6-11/h11-12H,2-10H2,1H3,(H2,15,19). The molecule has 108 valence electrons. The van der Waals surface area contributed by atoms with Gasteiger partial charge in [-0.15, -0.1) is 0 Å². The van der Waals surface area contributed by atoms with Gasteiger partial charge in [0.15, 0.2) is 0 Å². The molecule has 0 atom stereocenters. The number of hydrogen-bond acceptors (Lipinski definition) is 3. The summed E-state index contributed by atoms with van der Waals surface area (Å²) in [4.78, 5) is 17.1. The summed E-state index contributed by atoms with van der Waals surface area (Å²) in [6, 6.07) is 0.983. The number of nitrogens with zero attached hydrogens (tertiary/aromatic N) is 2. The van der Waals surface area contributed by atoms with E-state index in [4.69, 9.17) is 18.0 Å². The molecule has 0 radical (unpaired) electrons. The molecule has 0 spiro atoms. The van der Waals surface area contributed by atoms with Crippen molar-refractivity contribution in [2.24, 2.45) is 5.73 Å². The summed E-state index contributed by atoms with van der Waals surface area (Å²) in [7, 11) is 0. The van der Waals surface area contributed by atoms with E-state index >= 15 is 0 Å². The van der Waals surface area contributed by atoms with Crippen molar-refractivity contribution < 1.29 is 4.79 Å². The van der Waals surface area contributed by atoms with Gasteiger partial charge in [-0.05, 0) is 32.6 Å². The Morgan fingerprint density at radius 3 is 2.26 bits per heavy atom. The Labute approximate surface area is 121 Å². The Morgan fingerprint density at radius 2 is 1.79 bits per heavy atom. The first-order valence-corrected chi connectivity index (χ1v) is 7.84. The van der Waals surface area contributed by atoms with Crippen LogP contribution in [0, 0.1) is 0 Å². The predicted molar refractivity (Wildman–Crippen MR) is 81.0 cm³/mol. The monoisotopic (exact) mass is 283 g/mol. The lowest BCUT2D eigenvalue weighted by Gasteiger charge is -2.30. The summed E-state index contributed by atoms with van der Waals surface area (Å²) in [5, 5.41) is 0. The van der Waals surface area contributed by atoms with Crippen molar-refractivity contribution >= 4 is 23.1 Å². The normalized spacial score (nSPS) is 19.9. The highest BCUT2D eigenvalue weighted by atomic mass is 32.1. The highest BCUT2D eigenvalue weighted by Gasteiger charge is 2.33. The van der Waals surface area contributed by atoms with Gasteiger partial charge in [-0.2, -0.15) is 0 Å². The fourth-order valence-electron chi connectivity index (χ4n) is 3.07. The molecular formula is C14H25N3OS. The van der Waals surface area contributed by atoms with Crippen LogP contribution in [0.4, 0.5) is 0 Å². The summed E-state index contributed by atoms with van der Waals surface area (Å²) in [6.45, 7) is 3.93. The summed E-state index contributed by atoms with van der Waals surface area (Å²) >= 11 is 5.03. The second-order valence-corrected chi connectivity index (χ2v) is 6.24. The molecule has 2 N–H and O–H groups in total. The van der Waals surface area contributed by atoms with E-state index in [0.29, 0.717) is 30.2 Å². The van der Waals surface area contributed by atoms with Crippen molar-refractivity contribution in [1.29, 1.82) is 0 Å². The van der Waals surface area contributed by atoms with Gasteiger partial charge < -0.3 is 10.6 Å². The molecule has 0 bridgehead atoms. The van der Waals surface area contributed by atoms with E-state index in [1.54, 1.807) is 0 Å². The average molecular weight is 283 g/mol. The number of rotatable bonds is 7. The van der Waals surface area contributed by atoms with E-state index in [-0.39, 0.29) is 5.91 Å². The first-order valence-electron chi connectivity index (χ1n) is 7.43. The highest BCUT2D eigenvalue weighted by Crippen LogP contribution is 2.28. The van der Waals surface area contributed by atoms with Gasteiger partial charge in [0.25, 0.3) is 0 Å². The molecule has 0 aromatic heterocycles. The van der Waals surface area contributed by atoms with Crippen molar-refractivity contribution in [2.45, 2.75) is 57.5 Å². The molecular weight excluding hydrogens is 258 g/mol. The Balaban J connectivity index is 1.93. The van der Waals surface area contributed by atoms with Crippen LogP contribution in [0.1, 0.15) is 45.4 Å². The number of amides is 1. The topological polar surface area (TPSA) is 49.6 Å². The van der Waals surface area contributed by atoms with E-state index in [2.05, 4.69) is 11.8 Å². The zero-order chi connectivity index (χ0) is 13.8. The first-order chi connectivity index (χ1) is 9.11. The molecule has 19 heavy (non-hydrogen) atoms. The molecule has 2 aliphatic carbocycles. The molecule has 0 unspecified atom stereocenters. The van der Waals surface area contributed by atoms with Crippen molar-refractivity contribution in [2.75, 3.05) is 19.6 Å². The molecule has 1 amide bonds. The lowest BCUT2D eigenvalue weighted by Crippen LogP contribution is -2.47. The van der Waals surface area contributed by atoms with Gasteiger partial charge >= 0.3 is 0 Å². The number of carbonyl (C=O) groups is 1. The number of thiocarbonyl (C=S) groups is 1. The molecule has 0 heterocycles. The second kappa shape index (κ2) is 6.66. The summed E-state index contributed by atoms with van der Waals surface area (Å²) in [6.07, 6.45) is 7.19. The highest BCUT2D eigenvalue weighted by molar-refractivity contribution is 7.80. The molecule has 2 rings (SSSR count). The molecule has 0 aliphatic heterocycles. The van der Waals surface area contributed by atoms with Crippen LogP contribution in [0.2, 0.25) is 0 Å². The summed E-state index contributed by atoms with van der Waals surface area (Å²) in [5.41, 5.74) is 5.68. The third-order valence-electron chi connectivity index (χ3n) is 4.19. The van der Waals surface area contributed by atoms with Crippen LogP contribution in [0.15, 0.2) is 0 Å². The third-order valence-corrected chi connectivity index (χ3v) is 4.32. The maximum atomic E-state index is 12.4. The Hall–Kier alpha value is -0.680. The fraction of sp³-hybridized carbons (Fsp3) is 0.857. The van der Waals surface area contributed by atoms with Gasteiger partial charge in [0.2, 0.25) is 5.91 Å². The lowest BCUT2D eigenvalue weighted by atomic mass is 10.2. The van der Waals surface area contributed by atoms with Crippen molar-refractivity contribution in [3.63, 3.8) is 0 Å². The lowest BCUT2D eigenvalue weighted by molar-refractivity contribution is -0.133. The van der Waals surface area contributed by atoms with E-state index in [1.165, 1.54) is 25.7 Å². The molecule has 2 fully saturated rings. The van der Waals surface area contributed by atoms with Crippen molar-refractivity contribution in [1.82, 2.24) is 9.80 Å². The third kappa shape index (κ3) is 4.14. The average Bonchev–Trinajstić information content (AvgIpc) is 3.03. The zero-order valence-electron chi connectivity index (χ0n) is 11.8. The van der Waals surface area contributed by atoms with Crippen molar-refractivity contribution in [3.8, 4) is 0 Å². The molecule has 0 aromatic rings. The van der Waals surface area contributed by atoms with Gasteiger partial charge in [0, 0.05) is 25.2 Å². The quantitative estimate of drug-likeness (QED) is 0.720. The van der Waals surface area contributed by atoms with Crippen LogP contribution >= 0.6 is 12.2 Å². The Morgan fingerprint density at radius 1 is 1.16 bits per heavy atom. The molecule has 0 saturated heterocycles. The van der Waals surface area contributed by atoms with E-state index in [9.17, 15) is 4.79 Å². The molecule has 4 nitrogen and oxygen atoms in total. The minimum Gasteiger partial charge on any atom is -0.392 e. The predicted octanol–water partition coefficient (Wildman–Crippen LogP) is 1.53. The minimum atomic E-state index is 0.244. The van der Waals surface area contributed by atoms with Gasteiger partial charge in [0.05, 0.1) is 11.5 Å². The van der Waals surface area contributed by atoms with E-state index < -0.39 is 0 Å². The van der Waals surface area contributed by atoms with Crippen LogP contribution in [0.25, 0.3) is 0 Å². The fourth-order valence-corrected chi connectivity index (χ4v) is 3.24. The SMILES string of the molecule is CCN(C(=O)CN(CC(N)=S)C1CCCC1)C1CC1.